The molecular formula is C24H23F2NO2. The third-order valence-electron chi connectivity index (χ3n) is 4.88. The highest BCUT2D eigenvalue weighted by Crippen LogP contribution is 2.45. The van der Waals surface area contributed by atoms with Crippen LogP contribution in [0.1, 0.15) is 43.5 Å². The van der Waals surface area contributed by atoms with E-state index in [1.807, 2.05) is 75.4 Å². The minimum atomic E-state index is -0.914. The lowest BCUT2D eigenvalue weighted by atomic mass is 9.95. The molecule has 3 aromatic rings. The summed E-state index contributed by atoms with van der Waals surface area (Å²) in [7, 11) is 0. The molecule has 0 saturated carbocycles. The van der Waals surface area contributed by atoms with E-state index in [2.05, 4.69) is 0 Å². The van der Waals surface area contributed by atoms with E-state index < -0.39 is 11.6 Å². The van der Waals surface area contributed by atoms with Gasteiger partial charge in [0.1, 0.15) is 18.4 Å². The van der Waals surface area contributed by atoms with E-state index in [0.29, 0.717) is 17.9 Å². The number of ether oxygens (including phenoxy) is 1. The summed E-state index contributed by atoms with van der Waals surface area (Å²) in [5.41, 5.74) is 2.23. The van der Waals surface area contributed by atoms with Gasteiger partial charge in [0.15, 0.2) is 17.4 Å². The number of benzene rings is 3. The van der Waals surface area contributed by atoms with E-state index in [9.17, 15) is 8.78 Å². The van der Waals surface area contributed by atoms with E-state index in [4.69, 9.17) is 9.57 Å². The fourth-order valence-electron chi connectivity index (χ4n) is 3.45. The number of hydrogen-bond acceptors (Lipinski definition) is 3. The molecule has 1 aliphatic rings. The molecular weight excluding hydrogens is 372 g/mol. The van der Waals surface area contributed by atoms with Crippen LogP contribution in [0.3, 0.4) is 0 Å². The Balaban J connectivity index is 1.61. The van der Waals surface area contributed by atoms with Crippen LogP contribution in [-0.4, -0.2) is 10.6 Å². The van der Waals surface area contributed by atoms with Gasteiger partial charge in [-0.3, -0.25) is 0 Å². The van der Waals surface area contributed by atoms with E-state index in [1.165, 1.54) is 6.07 Å². The molecule has 0 bridgehead atoms. The van der Waals surface area contributed by atoms with Gasteiger partial charge in [0.05, 0.1) is 0 Å². The number of nitrogens with zero attached hydrogens (tertiary/aromatic N) is 1. The van der Waals surface area contributed by atoms with Crippen molar-refractivity contribution in [2.45, 2.75) is 39.0 Å². The van der Waals surface area contributed by atoms with Crippen molar-refractivity contribution in [3.8, 4) is 11.5 Å². The van der Waals surface area contributed by atoms with Crippen molar-refractivity contribution in [1.29, 1.82) is 0 Å². The Kier molecular flexibility index (Phi) is 5.01. The molecule has 0 radical (unpaired) electrons. The summed E-state index contributed by atoms with van der Waals surface area (Å²) >= 11 is 0. The van der Waals surface area contributed by atoms with Crippen LogP contribution in [-0.2, 0) is 6.61 Å². The molecule has 3 aromatic carbocycles. The third kappa shape index (κ3) is 3.96. The van der Waals surface area contributed by atoms with Gasteiger partial charge in [-0.2, -0.15) is 0 Å². The summed E-state index contributed by atoms with van der Waals surface area (Å²) in [6.07, 6.45) is 0. The Morgan fingerprint density at radius 2 is 1.59 bits per heavy atom. The first-order valence-electron chi connectivity index (χ1n) is 9.56. The van der Waals surface area contributed by atoms with Gasteiger partial charge < -0.3 is 9.57 Å². The van der Waals surface area contributed by atoms with Crippen LogP contribution in [0.4, 0.5) is 8.78 Å². The van der Waals surface area contributed by atoms with Crippen LogP contribution in [0.15, 0.2) is 66.7 Å². The lowest BCUT2D eigenvalue weighted by molar-refractivity contribution is -0.128. The van der Waals surface area contributed by atoms with Crippen molar-refractivity contribution < 1.29 is 18.4 Å². The Morgan fingerprint density at radius 1 is 0.931 bits per heavy atom. The zero-order valence-corrected chi connectivity index (χ0v) is 16.7. The first-order valence-corrected chi connectivity index (χ1v) is 9.56. The first-order chi connectivity index (χ1) is 13.8. The van der Waals surface area contributed by atoms with Gasteiger partial charge in [0.2, 0.25) is 0 Å². The standard InChI is InChI=1S/C24H23F2NO2/c1-24(2,3)27-23(19-13-20(25)21(26)14-22(19)29-27)17-9-11-18(12-10-17)28-15-16-7-5-4-6-8-16/h4-14,23H,15H2,1-3H3. The van der Waals surface area contributed by atoms with Gasteiger partial charge in [-0.15, -0.1) is 5.06 Å². The molecule has 1 heterocycles. The fraction of sp³-hybridized carbons (Fsp3) is 0.250. The normalized spacial score (nSPS) is 16.4. The second kappa shape index (κ2) is 7.48. The van der Waals surface area contributed by atoms with Gasteiger partial charge in [-0.05, 0) is 50.1 Å². The maximum Gasteiger partial charge on any atom is 0.162 e. The first kappa shape index (κ1) is 19.4. The van der Waals surface area contributed by atoms with Crippen molar-refractivity contribution in [3.05, 3.63) is 95.1 Å². The molecule has 1 aliphatic heterocycles. The van der Waals surface area contributed by atoms with Crippen LogP contribution in [0.5, 0.6) is 11.5 Å². The molecule has 0 aromatic heterocycles. The highest BCUT2D eigenvalue weighted by Gasteiger charge is 2.41. The van der Waals surface area contributed by atoms with Gasteiger partial charge in [0.25, 0.3) is 0 Å². The second-order valence-electron chi connectivity index (χ2n) is 8.14. The molecule has 29 heavy (non-hydrogen) atoms. The van der Waals surface area contributed by atoms with Crippen molar-refractivity contribution >= 4 is 0 Å². The van der Waals surface area contributed by atoms with E-state index in [1.54, 1.807) is 5.06 Å². The quantitative estimate of drug-likeness (QED) is 0.537. The summed E-state index contributed by atoms with van der Waals surface area (Å²) in [6, 6.07) is 19.6. The van der Waals surface area contributed by atoms with Gasteiger partial charge in [0, 0.05) is 17.2 Å². The maximum absolute atomic E-state index is 13.9. The summed E-state index contributed by atoms with van der Waals surface area (Å²) < 4.78 is 33.5. The Bertz CT molecular complexity index is 998. The predicted molar refractivity (Wildman–Crippen MR) is 108 cm³/mol. The lowest BCUT2D eigenvalue weighted by Crippen LogP contribution is -2.43. The fourth-order valence-corrected chi connectivity index (χ4v) is 3.45. The monoisotopic (exact) mass is 395 g/mol. The lowest BCUT2D eigenvalue weighted by Gasteiger charge is -2.34. The highest BCUT2D eigenvalue weighted by atomic mass is 19.2. The molecule has 3 nitrogen and oxygen atoms in total. The zero-order valence-electron chi connectivity index (χ0n) is 16.7. The summed E-state index contributed by atoms with van der Waals surface area (Å²) in [4.78, 5) is 5.91. The average Bonchev–Trinajstić information content (AvgIpc) is 3.07. The maximum atomic E-state index is 13.9. The minimum Gasteiger partial charge on any atom is -0.489 e. The number of rotatable bonds is 4. The second-order valence-corrected chi connectivity index (χ2v) is 8.14. The Labute approximate surface area is 169 Å². The Hall–Kier alpha value is -2.92. The minimum absolute atomic E-state index is 0.341. The third-order valence-corrected chi connectivity index (χ3v) is 4.88. The molecule has 5 heteroatoms. The molecule has 150 valence electrons. The molecule has 0 spiro atoms. The van der Waals surface area contributed by atoms with Crippen LogP contribution in [0.25, 0.3) is 0 Å². The molecule has 1 atom stereocenters. The predicted octanol–water partition coefficient (Wildman–Crippen LogP) is 6.04. The van der Waals surface area contributed by atoms with E-state index in [0.717, 1.165) is 22.9 Å². The van der Waals surface area contributed by atoms with Crippen molar-refractivity contribution in [2.75, 3.05) is 0 Å². The summed E-state index contributed by atoms with van der Waals surface area (Å²) in [5.74, 6) is -0.712. The summed E-state index contributed by atoms with van der Waals surface area (Å²) in [5, 5.41) is 1.77. The molecule has 1 unspecified atom stereocenters. The van der Waals surface area contributed by atoms with E-state index >= 15 is 0 Å². The number of hydrogen-bond donors (Lipinski definition) is 0. The van der Waals surface area contributed by atoms with Crippen LogP contribution < -0.4 is 9.57 Å². The highest BCUT2D eigenvalue weighted by molar-refractivity contribution is 5.46. The smallest absolute Gasteiger partial charge is 0.162 e. The van der Waals surface area contributed by atoms with Crippen LogP contribution >= 0.6 is 0 Å². The van der Waals surface area contributed by atoms with Crippen LogP contribution in [0.2, 0.25) is 0 Å². The van der Waals surface area contributed by atoms with Gasteiger partial charge in [-0.1, -0.05) is 42.5 Å². The number of fused-ring (bicyclic) bond motifs is 1. The number of halogens is 2. The molecule has 0 aliphatic carbocycles. The SMILES string of the molecule is CC(C)(C)N1Oc2cc(F)c(F)cc2C1c1ccc(OCc2ccccc2)cc1. The largest absolute Gasteiger partial charge is 0.489 e. The molecule has 0 amide bonds. The van der Waals surface area contributed by atoms with Gasteiger partial charge >= 0.3 is 0 Å². The molecule has 0 saturated heterocycles. The molecule has 0 N–H and O–H groups in total. The van der Waals surface area contributed by atoms with Gasteiger partial charge in [-0.25, -0.2) is 8.78 Å². The molecule has 4 rings (SSSR count). The van der Waals surface area contributed by atoms with Crippen molar-refractivity contribution in [2.24, 2.45) is 0 Å². The Morgan fingerprint density at radius 3 is 2.24 bits per heavy atom. The number of hydroxylamine groups is 2. The average molecular weight is 395 g/mol. The zero-order chi connectivity index (χ0) is 20.6. The van der Waals surface area contributed by atoms with Crippen molar-refractivity contribution in [1.82, 2.24) is 5.06 Å². The van der Waals surface area contributed by atoms with E-state index in [-0.39, 0.29) is 11.6 Å². The summed E-state index contributed by atoms with van der Waals surface area (Å²) in [6.45, 7) is 6.47. The molecule has 0 fully saturated rings. The topological polar surface area (TPSA) is 21.7 Å². The van der Waals surface area contributed by atoms with Crippen molar-refractivity contribution in [3.63, 3.8) is 0 Å². The van der Waals surface area contributed by atoms with Crippen LogP contribution in [0, 0.1) is 11.6 Å².